The number of nitrogens with zero attached hydrogens (tertiary/aromatic N) is 2. The van der Waals surface area contributed by atoms with Crippen LogP contribution < -0.4 is 5.69 Å². The maximum atomic E-state index is 12.8. The maximum absolute atomic E-state index is 12.8. The van der Waals surface area contributed by atoms with Crippen LogP contribution in [0.3, 0.4) is 0 Å². The Morgan fingerprint density at radius 3 is 2.48 bits per heavy atom. The molecule has 0 aliphatic heterocycles. The summed E-state index contributed by atoms with van der Waals surface area (Å²) in [6.45, 7) is 4.68. The highest BCUT2D eigenvalue weighted by atomic mass is 32.2. The zero-order valence-electron chi connectivity index (χ0n) is 18.2. The molecule has 1 unspecified atom stereocenters. The smallest absolute Gasteiger partial charge is 0.328 e. The quantitative estimate of drug-likeness (QED) is 0.432. The van der Waals surface area contributed by atoms with Crippen LogP contribution in [0.2, 0.25) is 0 Å². The van der Waals surface area contributed by atoms with Crippen LogP contribution in [0.5, 0.6) is 0 Å². The normalized spacial score (nSPS) is 19.5. The summed E-state index contributed by atoms with van der Waals surface area (Å²) in [7, 11) is 3.06. The molecule has 1 atom stereocenters. The fourth-order valence-corrected chi connectivity index (χ4v) is 4.11. The van der Waals surface area contributed by atoms with E-state index in [0.29, 0.717) is 12.5 Å². The number of benzene rings is 1. The van der Waals surface area contributed by atoms with Crippen molar-refractivity contribution in [2.45, 2.75) is 46.1 Å². The molecule has 0 N–H and O–H groups in total. The predicted molar refractivity (Wildman–Crippen MR) is 124 cm³/mol. The molecule has 0 bridgehead atoms. The molecule has 6 heteroatoms. The van der Waals surface area contributed by atoms with Crippen molar-refractivity contribution in [1.29, 1.82) is 0 Å². The van der Waals surface area contributed by atoms with E-state index in [9.17, 15) is 9.59 Å². The molecular weight excluding hydrogens is 384 g/mol. The Labute approximate surface area is 176 Å². The zero-order chi connectivity index (χ0) is 21.6. The zero-order valence-corrected chi connectivity index (χ0v) is 19.0. The van der Waals surface area contributed by atoms with Gasteiger partial charge in [0.05, 0.1) is 24.1 Å². The number of methoxy groups -OCH3 is 1. The Morgan fingerprint density at radius 1 is 1.24 bits per heavy atom. The van der Waals surface area contributed by atoms with Crippen molar-refractivity contribution in [3.8, 4) is 11.2 Å². The van der Waals surface area contributed by atoms with Gasteiger partial charge in [-0.1, -0.05) is 25.6 Å². The number of hydrogen-bond acceptors (Lipinski definition) is 3. The lowest BCUT2D eigenvalue weighted by Crippen LogP contribution is -2.29. The molecule has 2 aromatic rings. The van der Waals surface area contributed by atoms with Crippen LogP contribution >= 0.6 is 10.5 Å². The van der Waals surface area contributed by atoms with E-state index >= 15 is 0 Å². The molecule has 1 heterocycles. The molecule has 1 aliphatic carbocycles. The minimum Gasteiger partial charge on any atom is -0.469 e. The summed E-state index contributed by atoms with van der Waals surface area (Å²) in [5.41, 5.74) is 2.74. The first-order valence-electron chi connectivity index (χ1n) is 10.1. The van der Waals surface area contributed by atoms with Crippen molar-refractivity contribution in [2.24, 2.45) is 18.9 Å². The average Bonchev–Trinajstić information content (AvgIpc) is 2.98. The molecule has 0 amide bonds. The first kappa shape index (κ1) is 23.0. The fourth-order valence-electron chi connectivity index (χ4n) is 3.82. The largest absolute Gasteiger partial charge is 0.469 e. The highest BCUT2D eigenvalue weighted by Crippen LogP contribution is 2.31. The van der Waals surface area contributed by atoms with Gasteiger partial charge in [-0.15, -0.1) is 10.5 Å². The summed E-state index contributed by atoms with van der Waals surface area (Å²) in [5.74, 6) is 7.34. The number of aryl methyl sites for hydroxylation is 1. The summed E-state index contributed by atoms with van der Waals surface area (Å²) < 4.78 is 8.42. The molecule has 0 radical (unpaired) electrons. The third-order valence-electron chi connectivity index (χ3n) is 5.34. The van der Waals surface area contributed by atoms with Crippen molar-refractivity contribution in [3.05, 3.63) is 34.2 Å². The highest BCUT2D eigenvalue weighted by molar-refractivity contribution is 8.17. The second-order valence-corrected chi connectivity index (χ2v) is 8.74. The Bertz CT molecular complexity index is 999. The second kappa shape index (κ2) is 10.5. The van der Waals surface area contributed by atoms with Crippen LogP contribution in [0.25, 0.3) is 11.0 Å². The molecular formula is C23H32N2O3S. The van der Waals surface area contributed by atoms with Gasteiger partial charge in [0.25, 0.3) is 0 Å². The predicted octanol–water partition coefficient (Wildman–Crippen LogP) is 3.99. The topological polar surface area (TPSA) is 53.2 Å². The summed E-state index contributed by atoms with van der Waals surface area (Å²) >= 11 is 0. The van der Waals surface area contributed by atoms with Crippen LogP contribution in [0.4, 0.5) is 0 Å². The van der Waals surface area contributed by atoms with E-state index in [2.05, 4.69) is 17.0 Å². The van der Waals surface area contributed by atoms with Gasteiger partial charge in [0.1, 0.15) is 0 Å². The van der Waals surface area contributed by atoms with Crippen LogP contribution in [0.15, 0.2) is 23.0 Å². The summed E-state index contributed by atoms with van der Waals surface area (Å²) in [5, 5.41) is 3.10. The maximum Gasteiger partial charge on any atom is 0.328 e. The lowest BCUT2D eigenvalue weighted by Gasteiger charge is -2.27. The molecule has 29 heavy (non-hydrogen) atoms. The van der Waals surface area contributed by atoms with Gasteiger partial charge >= 0.3 is 11.7 Å². The number of hydrogen-bond donors (Lipinski definition) is 0. The van der Waals surface area contributed by atoms with Gasteiger partial charge < -0.3 is 4.74 Å². The van der Waals surface area contributed by atoms with Crippen LogP contribution in [-0.2, 0) is 23.1 Å². The van der Waals surface area contributed by atoms with Gasteiger partial charge in [-0.3, -0.25) is 13.9 Å². The number of ether oxygens (including phenoxy) is 1. The van der Waals surface area contributed by atoms with Crippen molar-refractivity contribution < 1.29 is 9.53 Å². The van der Waals surface area contributed by atoms with Crippen LogP contribution in [0, 0.1) is 23.0 Å². The van der Waals surface area contributed by atoms with Crippen LogP contribution in [0.1, 0.15) is 45.1 Å². The average molecular weight is 417 g/mol. The lowest BCUT2D eigenvalue weighted by molar-refractivity contribution is -0.146. The third-order valence-corrected chi connectivity index (χ3v) is 5.79. The molecule has 1 aromatic carbocycles. The fraction of sp³-hybridized carbons (Fsp3) is 0.522. The lowest BCUT2D eigenvalue weighted by atomic mass is 9.82. The first-order chi connectivity index (χ1) is 13.9. The Morgan fingerprint density at radius 2 is 1.90 bits per heavy atom. The van der Waals surface area contributed by atoms with Gasteiger partial charge in [-0.2, -0.15) is 0 Å². The SMILES string of the molecule is C=S(C)C#Cc1ccc2c(c1)n(CC1CCC(C(=O)OC)CC1)c(=O)n2C.CC. The van der Waals surface area contributed by atoms with E-state index in [-0.39, 0.29) is 28.1 Å². The van der Waals surface area contributed by atoms with Gasteiger partial charge in [-0.05, 0) is 61.3 Å². The van der Waals surface area contributed by atoms with E-state index in [1.54, 1.807) is 11.6 Å². The van der Waals surface area contributed by atoms with Gasteiger partial charge in [0, 0.05) is 19.2 Å². The number of imidazole rings is 1. The monoisotopic (exact) mass is 416 g/mol. The molecule has 3 rings (SSSR count). The van der Waals surface area contributed by atoms with E-state index < -0.39 is 0 Å². The molecule has 1 aromatic heterocycles. The number of aromatic nitrogens is 2. The summed E-state index contributed by atoms with van der Waals surface area (Å²) in [4.78, 5) is 24.5. The van der Waals surface area contributed by atoms with Crippen molar-refractivity contribution >= 4 is 33.4 Å². The first-order valence-corrected chi connectivity index (χ1v) is 11.9. The van der Waals surface area contributed by atoms with E-state index in [4.69, 9.17) is 4.74 Å². The van der Waals surface area contributed by atoms with Crippen molar-refractivity contribution in [1.82, 2.24) is 9.13 Å². The van der Waals surface area contributed by atoms with Gasteiger partial charge in [-0.25, -0.2) is 4.79 Å². The Kier molecular flexibility index (Phi) is 8.33. The molecule has 1 aliphatic rings. The second-order valence-electron chi connectivity index (χ2n) is 7.26. The summed E-state index contributed by atoms with van der Waals surface area (Å²) in [6, 6.07) is 5.91. The minimum absolute atomic E-state index is 0.00222. The van der Waals surface area contributed by atoms with E-state index in [1.165, 1.54) is 7.11 Å². The molecule has 1 saturated carbocycles. The molecule has 0 saturated heterocycles. The third kappa shape index (κ3) is 5.42. The Hall–Kier alpha value is -2.26. The van der Waals surface area contributed by atoms with Crippen LogP contribution in [-0.4, -0.2) is 34.3 Å². The van der Waals surface area contributed by atoms with E-state index in [0.717, 1.165) is 42.3 Å². The minimum atomic E-state index is -0.191. The summed E-state index contributed by atoms with van der Waals surface area (Å²) in [6.07, 6.45) is 5.50. The van der Waals surface area contributed by atoms with Crippen molar-refractivity contribution in [3.63, 3.8) is 0 Å². The van der Waals surface area contributed by atoms with E-state index in [1.807, 2.05) is 42.9 Å². The standard InChI is InChI=1S/C21H26N2O3S.C2H6/c1-22-18-10-7-15(11-12-27(3)4)13-19(18)23(21(22)25)14-16-5-8-17(9-6-16)20(24)26-2;1-2/h7,10,13,16-17H,3,5-6,8-9,14H2,1-2,4H3;1-2H3. The molecule has 1 fully saturated rings. The molecule has 5 nitrogen and oxygen atoms in total. The van der Waals surface area contributed by atoms with Gasteiger partial charge in [0.2, 0.25) is 0 Å². The number of carbonyl (C=O) groups is 1. The Balaban J connectivity index is 0.00000145. The molecule has 158 valence electrons. The number of rotatable bonds is 3. The van der Waals surface area contributed by atoms with Crippen molar-refractivity contribution in [2.75, 3.05) is 13.4 Å². The number of esters is 1. The van der Waals surface area contributed by atoms with Gasteiger partial charge in [0.15, 0.2) is 0 Å². The highest BCUT2D eigenvalue weighted by Gasteiger charge is 2.27. The number of carbonyl (C=O) groups excluding carboxylic acids is 1. The number of fused-ring (bicyclic) bond motifs is 1. The molecule has 0 spiro atoms.